The molecule has 0 aliphatic heterocycles. The molecule has 4 aliphatic carbocycles. The molecule has 0 unspecified atom stereocenters. The molecule has 2 aromatic carbocycles. The van der Waals surface area contributed by atoms with Crippen molar-refractivity contribution in [3.8, 4) is 11.4 Å². The van der Waals surface area contributed by atoms with Crippen LogP contribution in [0.2, 0.25) is 0 Å². The van der Waals surface area contributed by atoms with E-state index in [-0.39, 0.29) is 17.2 Å². The number of hydrogen-bond acceptors (Lipinski definition) is 4. The highest BCUT2D eigenvalue weighted by Crippen LogP contribution is 2.61. The van der Waals surface area contributed by atoms with E-state index in [9.17, 15) is 9.59 Å². The number of fused-ring (bicyclic) bond motifs is 1. The average molecular weight is 506 g/mol. The van der Waals surface area contributed by atoms with Crippen LogP contribution in [-0.2, 0) is 4.79 Å². The van der Waals surface area contributed by atoms with Gasteiger partial charge in [0.1, 0.15) is 11.6 Å². The molecule has 2 heterocycles. The number of carbonyl (C=O) groups is 2. The summed E-state index contributed by atoms with van der Waals surface area (Å²) in [6.07, 6.45) is 10.2. The van der Waals surface area contributed by atoms with Crippen LogP contribution in [0.25, 0.3) is 22.4 Å². The lowest BCUT2D eigenvalue weighted by Crippen LogP contribution is -2.47. The van der Waals surface area contributed by atoms with Crippen molar-refractivity contribution in [1.82, 2.24) is 15.0 Å². The maximum absolute atomic E-state index is 13.0. The summed E-state index contributed by atoms with van der Waals surface area (Å²) in [6, 6.07) is 18.6. The van der Waals surface area contributed by atoms with Gasteiger partial charge >= 0.3 is 0 Å². The van der Waals surface area contributed by atoms with E-state index in [2.05, 4.69) is 20.6 Å². The van der Waals surface area contributed by atoms with E-state index in [1.807, 2.05) is 36.4 Å². The van der Waals surface area contributed by atoms with Gasteiger partial charge in [-0.3, -0.25) is 9.59 Å². The third kappa shape index (κ3) is 4.46. The molecule has 2 amide bonds. The van der Waals surface area contributed by atoms with Crippen molar-refractivity contribution in [3.05, 3.63) is 72.4 Å². The van der Waals surface area contributed by atoms with Crippen LogP contribution in [0.5, 0.6) is 0 Å². The summed E-state index contributed by atoms with van der Waals surface area (Å²) in [5.41, 5.74) is 4.05. The molecule has 8 rings (SSSR count). The van der Waals surface area contributed by atoms with Crippen molar-refractivity contribution >= 4 is 34.4 Å². The number of benzene rings is 2. The number of amides is 2. The summed E-state index contributed by atoms with van der Waals surface area (Å²) in [6.45, 7) is 0. The van der Waals surface area contributed by atoms with Crippen LogP contribution in [-0.4, -0.2) is 26.8 Å². The molecule has 7 nitrogen and oxygen atoms in total. The topological polar surface area (TPSA) is 99.8 Å². The minimum Gasteiger partial charge on any atom is -0.338 e. The predicted molar refractivity (Wildman–Crippen MR) is 148 cm³/mol. The third-order valence-corrected chi connectivity index (χ3v) is 8.79. The fourth-order valence-electron chi connectivity index (χ4n) is 7.68. The first-order valence-corrected chi connectivity index (χ1v) is 13.6. The lowest BCUT2D eigenvalue weighted by atomic mass is 9.49. The number of pyridine rings is 1. The molecule has 4 bridgehead atoms. The van der Waals surface area contributed by atoms with Crippen molar-refractivity contribution in [2.24, 2.45) is 23.2 Å². The molecule has 4 fully saturated rings. The summed E-state index contributed by atoms with van der Waals surface area (Å²) in [5.74, 6) is 3.69. The number of imidazole rings is 1. The largest absolute Gasteiger partial charge is 0.338 e. The molecule has 4 aromatic rings. The first-order chi connectivity index (χ1) is 18.5. The van der Waals surface area contributed by atoms with E-state index in [4.69, 9.17) is 4.98 Å². The zero-order chi connectivity index (χ0) is 25.7. The second-order valence-electron chi connectivity index (χ2n) is 11.7. The number of aromatic nitrogens is 3. The number of aromatic amines is 1. The molecule has 4 aliphatic rings. The third-order valence-electron chi connectivity index (χ3n) is 8.79. The molecule has 0 radical (unpaired) electrons. The summed E-state index contributed by atoms with van der Waals surface area (Å²) in [4.78, 5) is 37.8. The molecule has 3 N–H and O–H groups in total. The van der Waals surface area contributed by atoms with Gasteiger partial charge in [-0.2, -0.15) is 0 Å². The standard InChI is InChI=1S/C31H31N5O2/c37-28(18-31-15-19-11-20(16-31)13-21(12-19)17-31)33-24-7-4-22(5-8-24)29-34-25-9-6-23(14-26(25)35-29)30(38)36-27-3-1-2-10-32-27/h1-10,14,19-21H,11-13,15-18H2,(H,33,37)(H,34,35)(H,32,36,38). The fraction of sp³-hybridized carbons (Fsp3) is 0.355. The Kier molecular flexibility index (Phi) is 5.53. The Bertz CT molecular complexity index is 1470. The fourth-order valence-corrected chi connectivity index (χ4v) is 7.68. The second-order valence-corrected chi connectivity index (χ2v) is 11.7. The molecule has 2 aromatic heterocycles. The van der Waals surface area contributed by atoms with Gasteiger partial charge < -0.3 is 15.6 Å². The predicted octanol–water partition coefficient (Wildman–Crippen LogP) is 6.42. The monoisotopic (exact) mass is 505 g/mol. The number of hydrogen-bond donors (Lipinski definition) is 3. The van der Waals surface area contributed by atoms with Gasteiger partial charge in [-0.15, -0.1) is 0 Å². The van der Waals surface area contributed by atoms with E-state index in [0.29, 0.717) is 23.6 Å². The second kappa shape index (κ2) is 9.08. The summed E-state index contributed by atoms with van der Waals surface area (Å²) in [5, 5.41) is 5.95. The Hall–Kier alpha value is -4.00. The normalized spacial score (nSPS) is 25.4. The van der Waals surface area contributed by atoms with Crippen LogP contribution in [0.15, 0.2) is 66.9 Å². The van der Waals surface area contributed by atoms with Crippen LogP contribution in [0, 0.1) is 23.2 Å². The van der Waals surface area contributed by atoms with Crippen molar-refractivity contribution in [3.63, 3.8) is 0 Å². The maximum atomic E-state index is 13.0. The Labute approximate surface area is 221 Å². The zero-order valence-corrected chi connectivity index (χ0v) is 21.2. The number of rotatable bonds is 6. The first-order valence-electron chi connectivity index (χ1n) is 13.6. The zero-order valence-electron chi connectivity index (χ0n) is 21.2. The highest BCUT2D eigenvalue weighted by Gasteiger charge is 2.51. The Morgan fingerprint density at radius 1 is 0.895 bits per heavy atom. The highest BCUT2D eigenvalue weighted by molar-refractivity contribution is 6.05. The van der Waals surface area contributed by atoms with Gasteiger partial charge in [0.2, 0.25) is 5.91 Å². The minimum absolute atomic E-state index is 0.139. The number of H-pyrrole nitrogens is 1. The number of nitrogens with zero attached hydrogens (tertiary/aromatic N) is 2. The number of nitrogens with one attached hydrogen (secondary N) is 3. The van der Waals surface area contributed by atoms with E-state index in [0.717, 1.165) is 40.0 Å². The van der Waals surface area contributed by atoms with E-state index >= 15 is 0 Å². The van der Waals surface area contributed by atoms with Crippen LogP contribution in [0.4, 0.5) is 11.5 Å². The van der Waals surface area contributed by atoms with Gasteiger partial charge in [-0.05, 0) is 116 Å². The van der Waals surface area contributed by atoms with Crippen LogP contribution < -0.4 is 10.6 Å². The van der Waals surface area contributed by atoms with Gasteiger partial charge in [0.15, 0.2) is 0 Å². The molecule has 7 heteroatoms. The Morgan fingerprint density at radius 3 is 2.32 bits per heavy atom. The van der Waals surface area contributed by atoms with E-state index < -0.39 is 0 Å². The van der Waals surface area contributed by atoms with Crippen LogP contribution in [0.1, 0.15) is 55.3 Å². The lowest BCUT2D eigenvalue weighted by molar-refractivity contribution is -0.124. The Morgan fingerprint density at radius 2 is 1.63 bits per heavy atom. The van der Waals surface area contributed by atoms with Crippen LogP contribution in [0.3, 0.4) is 0 Å². The first kappa shape index (κ1) is 23.1. The molecule has 4 saturated carbocycles. The lowest BCUT2D eigenvalue weighted by Gasteiger charge is -2.56. The smallest absolute Gasteiger partial charge is 0.256 e. The van der Waals surface area contributed by atoms with Gasteiger partial charge in [0.25, 0.3) is 5.91 Å². The van der Waals surface area contributed by atoms with E-state index in [1.165, 1.54) is 38.5 Å². The molecule has 0 atom stereocenters. The van der Waals surface area contributed by atoms with Gasteiger partial charge in [-0.25, -0.2) is 9.97 Å². The van der Waals surface area contributed by atoms with Crippen molar-refractivity contribution in [2.75, 3.05) is 10.6 Å². The van der Waals surface area contributed by atoms with Gasteiger partial charge in [0.05, 0.1) is 11.0 Å². The van der Waals surface area contributed by atoms with Gasteiger partial charge in [-0.1, -0.05) is 6.07 Å². The average Bonchev–Trinajstić information content (AvgIpc) is 3.32. The summed E-state index contributed by atoms with van der Waals surface area (Å²) < 4.78 is 0. The molecule has 192 valence electrons. The molecule has 38 heavy (non-hydrogen) atoms. The SMILES string of the molecule is O=C(CC12CC3CC(CC(C3)C1)C2)Nc1ccc(-c2nc3ccc(C(=O)Nc4ccccn4)cc3[nH]2)cc1. The van der Waals surface area contributed by atoms with Crippen molar-refractivity contribution < 1.29 is 9.59 Å². The summed E-state index contributed by atoms with van der Waals surface area (Å²) >= 11 is 0. The van der Waals surface area contributed by atoms with Gasteiger partial charge in [0, 0.05) is 29.4 Å². The highest BCUT2D eigenvalue weighted by atomic mass is 16.2. The van der Waals surface area contributed by atoms with Crippen molar-refractivity contribution in [1.29, 1.82) is 0 Å². The molecular formula is C31H31N5O2. The Balaban J connectivity index is 1.02. The molecule has 0 spiro atoms. The maximum Gasteiger partial charge on any atom is 0.256 e. The minimum atomic E-state index is -0.226. The van der Waals surface area contributed by atoms with E-state index in [1.54, 1.807) is 30.5 Å². The van der Waals surface area contributed by atoms with Crippen LogP contribution >= 0.6 is 0 Å². The molecule has 0 saturated heterocycles. The number of anilines is 2. The number of carbonyl (C=O) groups excluding carboxylic acids is 2. The molecular weight excluding hydrogens is 474 g/mol. The summed E-state index contributed by atoms with van der Waals surface area (Å²) in [7, 11) is 0. The van der Waals surface area contributed by atoms with Crippen molar-refractivity contribution in [2.45, 2.75) is 44.9 Å². The quantitative estimate of drug-likeness (QED) is 0.281.